The fourth-order valence-electron chi connectivity index (χ4n) is 3.59. The van der Waals surface area contributed by atoms with Crippen molar-refractivity contribution in [2.75, 3.05) is 31.3 Å². The molecule has 0 spiro atoms. The third-order valence-electron chi connectivity index (χ3n) is 5.14. The van der Waals surface area contributed by atoms with E-state index < -0.39 is 0 Å². The molecule has 2 aromatic carbocycles. The van der Waals surface area contributed by atoms with Gasteiger partial charge in [0.2, 0.25) is 12.7 Å². The minimum absolute atomic E-state index is 0.0629. The summed E-state index contributed by atoms with van der Waals surface area (Å²) in [7, 11) is 0. The van der Waals surface area contributed by atoms with Crippen LogP contribution in [0.25, 0.3) is 0 Å². The first kappa shape index (κ1) is 17.6. The lowest BCUT2D eigenvalue weighted by molar-refractivity contribution is -0.121. The molecule has 27 heavy (non-hydrogen) atoms. The molecule has 1 atom stereocenters. The first-order valence-electron chi connectivity index (χ1n) is 9.33. The molecule has 2 aromatic rings. The number of nitrogens with one attached hydrogen (secondary N) is 1. The molecule has 5 nitrogen and oxygen atoms in total. The zero-order valence-corrected chi connectivity index (χ0v) is 15.1. The first-order chi connectivity index (χ1) is 13.2. The number of rotatable bonds is 6. The van der Waals surface area contributed by atoms with E-state index >= 15 is 0 Å². The van der Waals surface area contributed by atoms with E-state index in [0.717, 1.165) is 42.3 Å². The van der Waals surface area contributed by atoms with E-state index in [-0.39, 0.29) is 18.5 Å². The van der Waals surface area contributed by atoms with Gasteiger partial charge in [0.25, 0.3) is 0 Å². The first-order valence-corrected chi connectivity index (χ1v) is 9.33. The number of hydrogen-bond acceptors (Lipinski definition) is 4. The highest BCUT2D eigenvalue weighted by Gasteiger charge is 2.23. The molecular formula is C21H23FN2O3. The average molecular weight is 370 g/mol. The van der Waals surface area contributed by atoms with Crippen molar-refractivity contribution in [3.8, 4) is 11.5 Å². The summed E-state index contributed by atoms with van der Waals surface area (Å²) in [5.41, 5.74) is 2.10. The third-order valence-corrected chi connectivity index (χ3v) is 5.14. The molecule has 1 N–H and O–H groups in total. The van der Waals surface area contributed by atoms with Gasteiger partial charge < -0.3 is 19.7 Å². The number of anilines is 1. The van der Waals surface area contributed by atoms with Gasteiger partial charge in [0.1, 0.15) is 5.82 Å². The van der Waals surface area contributed by atoms with Crippen LogP contribution >= 0.6 is 0 Å². The summed E-state index contributed by atoms with van der Waals surface area (Å²) in [5.74, 6) is 1.77. The van der Waals surface area contributed by atoms with E-state index in [2.05, 4.69) is 10.2 Å². The lowest BCUT2D eigenvalue weighted by Gasteiger charge is -2.18. The van der Waals surface area contributed by atoms with Gasteiger partial charge in [-0.05, 0) is 60.7 Å². The normalized spacial score (nSPS) is 18.0. The number of aryl methyl sites for hydroxylation is 1. The Morgan fingerprint density at radius 2 is 1.96 bits per heavy atom. The Morgan fingerprint density at radius 3 is 2.81 bits per heavy atom. The van der Waals surface area contributed by atoms with E-state index in [0.29, 0.717) is 25.3 Å². The molecule has 2 aliphatic rings. The Kier molecular flexibility index (Phi) is 5.14. The minimum atomic E-state index is -0.218. The zero-order valence-electron chi connectivity index (χ0n) is 15.1. The third kappa shape index (κ3) is 4.32. The van der Waals surface area contributed by atoms with Crippen LogP contribution in [0.1, 0.15) is 18.4 Å². The summed E-state index contributed by atoms with van der Waals surface area (Å²) in [4.78, 5) is 14.4. The van der Waals surface area contributed by atoms with Crippen LogP contribution < -0.4 is 19.7 Å². The van der Waals surface area contributed by atoms with Crippen LogP contribution in [-0.2, 0) is 11.2 Å². The largest absolute Gasteiger partial charge is 0.454 e. The van der Waals surface area contributed by atoms with Gasteiger partial charge in [-0.15, -0.1) is 0 Å². The number of ether oxygens (including phenoxy) is 2. The van der Waals surface area contributed by atoms with Gasteiger partial charge in [0.15, 0.2) is 11.5 Å². The van der Waals surface area contributed by atoms with Gasteiger partial charge in [-0.25, -0.2) is 4.39 Å². The van der Waals surface area contributed by atoms with E-state index in [1.54, 1.807) is 0 Å². The maximum Gasteiger partial charge on any atom is 0.231 e. The molecule has 2 heterocycles. The Balaban J connectivity index is 1.20. The summed E-state index contributed by atoms with van der Waals surface area (Å²) in [5, 5.41) is 3.05. The average Bonchev–Trinajstić information content (AvgIpc) is 3.34. The molecule has 0 radical (unpaired) electrons. The Morgan fingerprint density at radius 1 is 1.15 bits per heavy atom. The molecule has 1 saturated heterocycles. The Bertz CT molecular complexity index is 810. The van der Waals surface area contributed by atoms with Crippen molar-refractivity contribution in [3.63, 3.8) is 0 Å². The highest BCUT2D eigenvalue weighted by molar-refractivity contribution is 5.76. The Hall–Kier alpha value is -2.76. The molecule has 0 bridgehead atoms. The number of benzene rings is 2. The van der Waals surface area contributed by atoms with Gasteiger partial charge in [-0.3, -0.25) is 4.79 Å². The monoisotopic (exact) mass is 370 g/mol. The maximum absolute atomic E-state index is 13.0. The van der Waals surface area contributed by atoms with Crippen LogP contribution in [0.4, 0.5) is 10.1 Å². The van der Waals surface area contributed by atoms with Crippen molar-refractivity contribution in [1.29, 1.82) is 0 Å². The van der Waals surface area contributed by atoms with E-state index in [4.69, 9.17) is 9.47 Å². The van der Waals surface area contributed by atoms with Gasteiger partial charge >= 0.3 is 0 Å². The second-order valence-corrected chi connectivity index (χ2v) is 7.07. The highest BCUT2D eigenvalue weighted by atomic mass is 19.1. The fraction of sp³-hybridized carbons (Fsp3) is 0.381. The Labute approximate surface area is 158 Å². The number of carbonyl (C=O) groups excluding carboxylic acids is 1. The van der Waals surface area contributed by atoms with Gasteiger partial charge in [0.05, 0.1) is 0 Å². The second kappa shape index (κ2) is 7.86. The molecule has 0 aromatic heterocycles. The maximum atomic E-state index is 13.0. The minimum Gasteiger partial charge on any atom is -0.454 e. The molecule has 0 aliphatic carbocycles. The number of carbonyl (C=O) groups is 1. The summed E-state index contributed by atoms with van der Waals surface area (Å²) >= 11 is 0. The van der Waals surface area contributed by atoms with Crippen molar-refractivity contribution in [3.05, 3.63) is 53.8 Å². The molecule has 2 aliphatic heterocycles. The van der Waals surface area contributed by atoms with Crippen molar-refractivity contribution in [1.82, 2.24) is 5.32 Å². The quantitative estimate of drug-likeness (QED) is 0.849. The van der Waals surface area contributed by atoms with E-state index in [9.17, 15) is 9.18 Å². The lowest BCUT2D eigenvalue weighted by atomic mass is 10.1. The summed E-state index contributed by atoms with van der Waals surface area (Å²) in [6.07, 6.45) is 2.16. The highest BCUT2D eigenvalue weighted by Crippen LogP contribution is 2.32. The van der Waals surface area contributed by atoms with Crippen molar-refractivity contribution >= 4 is 11.6 Å². The topological polar surface area (TPSA) is 50.8 Å². The van der Waals surface area contributed by atoms with Gasteiger partial charge in [0, 0.05) is 31.7 Å². The smallest absolute Gasteiger partial charge is 0.231 e. The molecule has 1 amide bonds. The van der Waals surface area contributed by atoms with Crippen LogP contribution in [0.15, 0.2) is 42.5 Å². The molecular weight excluding hydrogens is 347 g/mol. The number of fused-ring (bicyclic) bond motifs is 1. The molecule has 1 fully saturated rings. The summed E-state index contributed by atoms with van der Waals surface area (Å²) in [6, 6.07) is 12.4. The van der Waals surface area contributed by atoms with Crippen molar-refractivity contribution in [2.45, 2.75) is 19.3 Å². The SMILES string of the molecule is O=C(CCc1ccc2c(c1)OCO2)NC[C@H]1CCN(c2ccc(F)cc2)C1. The standard InChI is InChI=1S/C21H23FN2O3/c22-17-3-5-18(6-4-17)24-10-9-16(13-24)12-23-21(25)8-2-15-1-7-19-20(11-15)27-14-26-19/h1,3-7,11,16H,2,8-10,12-14H2,(H,23,25)/t16-/m1/s1. The van der Waals surface area contributed by atoms with Gasteiger partial charge in [-0.2, -0.15) is 0 Å². The van der Waals surface area contributed by atoms with Crippen LogP contribution in [-0.4, -0.2) is 32.3 Å². The molecule has 142 valence electrons. The lowest BCUT2D eigenvalue weighted by Crippen LogP contribution is -2.31. The second-order valence-electron chi connectivity index (χ2n) is 7.07. The number of amides is 1. The number of halogens is 1. The molecule has 6 heteroatoms. The van der Waals surface area contributed by atoms with Crippen LogP contribution in [0.5, 0.6) is 11.5 Å². The van der Waals surface area contributed by atoms with Crippen molar-refractivity contribution < 1.29 is 18.7 Å². The summed E-state index contributed by atoms with van der Waals surface area (Å²) < 4.78 is 23.7. The zero-order chi connectivity index (χ0) is 18.6. The molecule has 0 saturated carbocycles. The number of nitrogens with zero attached hydrogens (tertiary/aromatic N) is 1. The number of hydrogen-bond donors (Lipinski definition) is 1. The fourth-order valence-corrected chi connectivity index (χ4v) is 3.59. The molecule has 0 unspecified atom stereocenters. The van der Waals surface area contributed by atoms with Crippen molar-refractivity contribution in [2.24, 2.45) is 5.92 Å². The predicted molar refractivity (Wildman–Crippen MR) is 101 cm³/mol. The van der Waals surface area contributed by atoms with Gasteiger partial charge in [-0.1, -0.05) is 6.07 Å². The summed E-state index contributed by atoms with van der Waals surface area (Å²) in [6.45, 7) is 2.75. The van der Waals surface area contributed by atoms with E-state index in [1.807, 2.05) is 30.3 Å². The molecule has 4 rings (SSSR count). The van der Waals surface area contributed by atoms with E-state index in [1.165, 1.54) is 12.1 Å². The van der Waals surface area contributed by atoms with Crippen LogP contribution in [0.3, 0.4) is 0 Å². The predicted octanol–water partition coefficient (Wildman–Crippen LogP) is 3.13. The van der Waals surface area contributed by atoms with Crippen LogP contribution in [0.2, 0.25) is 0 Å². The van der Waals surface area contributed by atoms with Crippen LogP contribution in [0, 0.1) is 11.7 Å².